The van der Waals surface area contributed by atoms with Gasteiger partial charge in [0.2, 0.25) is 5.95 Å². The molecule has 1 amide bonds. The number of anilines is 2. The van der Waals surface area contributed by atoms with Gasteiger partial charge in [0.05, 0.1) is 5.56 Å². The maximum atomic E-state index is 12.2. The van der Waals surface area contributed by atoms with Gasteiger partial charge in [0.15, 0.2) is 0 Å². The molecule has 0 unspecified atom stereocenters. The number of carbonyl (C=O) groups is 1. The van der Waals surface area contributed by atoms with Gasteiger partial charge in [-0.05, 0) is 45.6 Å². The van der Waals surface area contributed by atoms with Crippen molar-refractivity contribution in [3.8, 4) is 0 Å². The first-order valence-electron chi connectivity index (χ1n) is 7.64. The number of nitrogens with zero attached hydrogens (tertiary/aromatic N) is 3. The fraction of sp³-hybridized carbons (Fsp3) is 0.353. The van der Waals surface area contributed by atoms with E-state index in [1.807, 2.05) is 45.3 Å². The number of amides is 1. The lowest BCUT2D eigenvalue weighted by Gasteiger charge is -2.10. The van der Waals surface area contributed by atoms with Crippen molar-refractivity contribution in [2.45, 2.75) is 13.3 Å². The summed E-state index contributed by atoms with van der Waals surface area (Å²) in [6.07, 6.45) is 4.08. The molecule has 2 N–H and O–H groups in total. The molecule has 0 aliphatic heterocycles. The number of carbonyl (C=O) groups excluding carboxylic acids is 1. The summed E-state index contributed by atoms with van der Waals surface area (Å²) in [6, 6.07) is 7.65. The average Bonchev–Trinajstić information content (AvgIpc) is 2.54. The summed E-state index contributed by atoms with van der Waals surface area (Å²) in [5.74, 6) is 0.328. The predicted octanol–water partition coefficient (Wildman–Crippen LogP) is 2.40. The molecule has 0 radical (unpaired) electrons. The monoisotopic (exact) mass is 313 g/mol. The van der Waals surface area contributed by atoms with E-state index in [1.54, 1.807) is 0 Å². The molecule has 0 bridgehead atoms. The Balaban J connectivity index is 1.89. The molecule has 0 saturated heterocycles. The molecular formula is C17H23N5O. The molecule has 122 valence electrons. The molecule has 0 atom stereocenters. The van der Waals surface area contributed by atoms with Crippen molar-refractivity contribution in [1.82, 2.24) is 14.9 Å². The average molecular weight is 313 g/mol. The van der Waals surface area contributed by atoms with Crippen molar-refractivity contribution in [1.29, 1.82) is 0 Å². The van der Waals surface area contributed by atoms with Crippen LogP contribution in [0.2, 0.25) is 0 Å². The van der Waals surface area contributed by atoms with Gasteiger partial charge in [-0.15, -0.1) is 0 Å². The summed E-state index contributed by atoms with van der Waals surface area (Å²) in [5.41, 5.74) is 2.25. The molecule has 1 aromatic heterocycles. The fourth-order valence-corrected chi connectivity index (χ4v) is 2.04. The summed E-state index contributed by atoms with van der Waals surface area (Å²) in [5, 5.41) is 6.01. The van der Waals surface area contributed by atoms with Crippen molar-refractivity contribution < 1.29 is 4.79 Å². The van der Waals surface area contributed by atoms with Crippen LogP contribution < -0.4 is 10.6 Å². The minimum absolute atomic E-state index is 0.210. The van der Waals surface area contributed by atoms with Gasteiger partial charge >= 0.3 is 0 Å². The first-order chi connectivity index (χ1) is 11.1. The molecule has 0 spiro atoms. The molecule has 6 nitrogen and oxygen atoms in total. The maximum Gasteiger partial charge on any atom is 0.258 e. The Morgan fingerprint density at radius 3 is 2.52 bits per heavy atom. The largest absolute Gasteiger partial charge is 0.354 e. The fourth-order valence-electron chi connectivity index (χ4n) is 2.04. The van der Waals surface area contributed by atoms with E-state index < -0.39 is 0 Å². The topological polar surface area (TPSA) is 70.2 Å². The standard InChI is InChI=1S/C17H23N5O/c1-13-7-4-5-8-15(13)21-16(23)14-11-19-17(20-12-14)18-9-6-10-22(2)3/h4-5,7-8,11-12H,6,9-10H2,1-3H3,(H,21,23)(H,18,19,20). The Morgan fingerprint density at radius 2 is 1.87 bits per heavy atom. The molecule has 2 rings (SSSR count). The molecule has 23 heavy (non-hydrogen) atoms. The normalized spacial score (nSPS) is 10.6. The van der Waals surface area contributed by atoms with Crippen LogP contribution in [0.1, 0.15) is 22.3 Å². The number of hydrogen-bond acceptors (Lipinski definition) is 5. The van der Waals surface area contributed by atoms with Crippen molar-refractivity contribution in [3.63, 3.8) is 0 Å². The Labute approximate surface area is 137 Å². The number of para-hydroxylation sites is 1. The molecule has 6 heteroatoms. The first kappa shape index (κ1) is 16.9. The lowest BCUT2D eigenvalue weighted by Crippen LogP contribution is -2.17. The van der Waals surface area contributed by atoms with E-state index in [1.165, 1.54) is 12.4 Å². The highest BCUT2D eigenvalue weighted by atomic mass is 16.1. The lowest BCUT2D eigenvalue weighted by atomic mass is 10.2. The zero-order valence-corrected chi connectivity index (χ0v) is 13.8. The van der Waals surface area contributed by atoms with Gasteiger partial charge in [0.25, 0.3) is 5.91 Å². The highest BCUT2D eigenvalue weighted by Crippen LogP contribution is 2.14. The third kappa shape index (κ3) is 5.34. The summed E-state index contributed by atoms with van der Waals surface area (Å²) in [6.45, 7) is 3.75. The molecule has 2 aromatic rings. The summed E-state index contributed by atoms with van der Waals surface area (Å²) < 4.78 is 0. The van der Waals surface area contributed by atoms with E-state index in [0.717, 1.165) is 30.8 Å². The van der Waals surface area contributed by atoms with Crippen molar-refractivity contribution in [2.75, 3.05) is 37.8 Å². The molecule has 0 aliphatic rings. The SMILES string of the molecule is Cc1ccccc1NC(=O)c1cnc(NCCCN(C)C)nc1. The van der Waals surface area contributed by atoms with E-state index in [4.69, 9.17) is 0 Å². The van der Waals surface area contributed by atoms with Crippen LogP contribution in [0, 0.1) is 6.92 Å². The second-order valence-corrected chi connectivity index (χ2v) is 5.65. The minimum Gasteiger partial charge on any atom is -0.354 e. The van der Waals surface area contributed by atoms with Crippen LogP contribution in [-0.2, 0) is 0 Å². The highest BCUT2D eigenvalue weighted by Gasteiger charge is 2.08. The van der Waals surface area contributed by atoms with E-state index >= 15 is 0 Å². The summed E-state index contributed by atoms with van der Waals surface area (Å²) in [4.78, 5) is 22.7. The van der Waals surface area contributed by atoms with Gasteiger partial charge in [-0.25, -0.2) is 9.97 Å². The second kappa shape index (κ2) is 8.24. The highest BCUT2D eigenvalue weighted by molar-refractivity contribution is 6.04. The second-order valence-electron chi connectivity index (χ2n) is 5.65. The van der Waals surface area contributed by atoms with Crippen LogP contribution >= 0.6 is 0 Å². The van der Waals surface area contributed by atoms with Crippen LogP contribution in [0.15, 0.2) is 36.7 Å². The molecule has 0 aliphatic carbocycles. The van der Waals surface area contributed by atoms with Gasteiger partial charge in [0.1, 0.15) is 0 Å². The van der Waals surface area contributed by atoms with Gasteiger partial charge < -0.3 is 15.5 Å². The minimum atomic E-state index is -0.210. The Morgan fingerprint density at radius 1 is 1.17 bits per heavy atom. The quantitative estimate of drug-likeness (QED) is 0.768. The van der Waals surface area contributed by atoms with Gasteiger partial charge in [0, 0.05) is 24.6 Å². The maximum absolute atomic E-state index is 12.2. The number of nitrogens with one attached hydrogen (secondary N) is 2. The Hall–Kier alpha value is -2.47. The molecule has 0 saturated carbocycles. The number of aryl methyl sites for hydroxylation is 1. The van der Waals surface area contributed by atoms with Crippen LogP contribution in [-0.4, -0.2) is 48.0 Å². The number of aromatic nitrogens is 2. The number of hydrogen-bond donors (Lipinski definition) is 2. The van der Waals surface area contributed by atoms with Crippen LogP contribution in [0.4, 0.5) is 11.6 Å². The smallest absolute Gasteiger partial charge is 0.258 e. The third-order valence-electron chi connectivity index (χ3n) is 3.37. The predicted molar refractivity (Wildman–Crippen MR) is 92.8 cm³/mol. The molecule has 1 aromatic carbocycles. The number of benzene rings is 1. The van der Waals surface area contributed by atoms with Gasteiger partial charge in [-0.2, -0.15) is 0 Å². The van der Waals surface area contributed by atoms with Gasteiger partial charge in [-0.1, -0.05) is 18.2 Å². The zero-order chi connectivity index (χ0) is 16.7. The Kier molecular flexibility index (Phi) is 6.05. The first-order valence-corrected chi connectivity index (χ1v) is 7.64. The summed E-state index contributed by atoms with van der Waals surface area (Å²) >= 11 is 0. The van der Waals surface area contributed by atoms with Crippen LogP contribution in [0.3, 0.4) is 0 Å². The van der Waals surface area contributed by atoms with Crippen LogP contribution in [0.5, 0.6) is 0 Å². The lowest BCUT2D eigenvalue weighted by molar-refractivity contribution is 0.102. The molecule has 1 heterocycles. The van der Waals surface area contributed by atoms with Crippen molar-refractivity contribution in [3.05, 3.63) is 47.8 Å². The van der Waals surface area contributed by atoms with E-state index in [-0.39, 0.29) is 5.91 Å². The van der Waals surface area contributed by atoms with Crippen molar-refractivity contribution in [2.24, 2.45) is 0 Å². The zero-order valence-electron chi connectivity index (χ0n) is 13.8. The molecular weight excluding hydrogens is 290 g/mol. The van der Waals surface area contributed by atoms with Crippen LogP contribution in [0.25, 0.3) is 0 Å². The van der Waals surface area contributed by atoms with E-state index in [2.05, 4.69) is 25.5 Å². The van der Waals surface area contributed by atoms with E-state index in [0.29, 0.717) is 11.5 Å². The molecule has 0 fully saturated rings. The van der Waals surface area contributed by atoms with E-state index in [9.17, 15) is 4.79 Å². The van der Waals surface area contributed by atoms with Crippen molar-refractivity contribution >= 4 is 17.5 Å². The third-order valence-corrected chi connectivity index (χ3v) is 3.37. The Bertz CT molecular complexity index is 640. The summed E-state index contributed by atoms with van der Waals surface area (Å²) in [7, 11) is 4.08. The van der Waals surface area contributed by atoms with Gasteiger partial charge in [-0.3, -0.25) is 4.79 Å². The number of rotatable bonds is 7.